The second-order valence-electron chi connectivity index (χ2n) is 4.70. The highest BCUT2D eigenvalue weighted by Crippen LogP contribution is 2.16. The van der Waals surface area contributed by atoms with Gasteiger partial charge in [-0.1, -0.05) is 20.8 Å². The number of hydrogen-bond acceptors (Lipinski definition) is 3. The Labute approximate surface area is 110 Å². The Morgan fingerprint density at radius 2 is 2.24 bits per heavy atom. The van der Waals surface area contributed by atoms with Crippen LogP contribution in [0.3, 0.4) is 0 Å². The lowest BCUT2D eigenvalue weighted by Crippen LogP contribution is -2.00. The molecule has 1 aromatic heterocycles. The van der Waals surface area contributed by atoms with Crippen LogP contribution in [0.15, 0.2) is 18.3 Å². The third-order valence-electron chi connectivity index (χ3n) is 2.49. The van der Waals surface area contributed by atoms with Gasteiger partial charge in [0.05, 0.1) is 5.69 Å². The topological polar surface area (TPSA) is 24.9 Å². The van der Waals surface area contributed by atoms with Crippen molar-refractivity contribution in [2.75, 3.05) is 17.6 Å². The van der Waals surface area contributed by atoms with Crippen molar-refractivity contribution >= 4 is 17.4 Å². The molecular weight excluding hydrogens is 228 g/mol. The molecule has 0 amide bonds. The van der Waals surface area contributed by atoms with Gasteiger partial charge in [0.15, 0.2) is 0 Å². The van der Waals surface area contributed by atoms with Crippen molar-refractivity contribution < 1.29 is 0 Å². The molecule has 1 rings (SSSR count). The first-order valence-electron chi connectivity index (χ1n) is 6.49. The summed E-state index contributed by atoms with van der Waals surface area (Å²) in [6.45, 7) is 7.75. The molecule has 0 atom stereocenters. The van der Waals surface area contributed by atoms with Gasteiger partial charge in [-0.3, -0.25) is 4.98 Å². The monoisotopic (exact) mass is 252 g/mol. The zero-order valence-corrected chi connectivity index (χ0v) is 12.0. The summed E-state index contributed by atoms with van der Waals surface area (Å²) in [5, 5.41) is 3.39. The van der Waals surface area contributed by atoms with E-state index in [0.717, 1.165) is 24.6 Å². The van der Waals surface area contributed by atoms with Crippen LogP contribution in [0, 0.1) is 5.92 Å². The van der Waals surface area contributed by atoms with Crippen molar-refractivity contribution in [1.29, 1.82) is 0 Å². The van der Waals surface area contributed by atoms with Gasteiger partial charge in [0.25, 0.3) is 0 Å². The SMILES string of the molecule is CCCNc1ccnc(CSCCC(C)C)c1. The van der Waals surface area contributed by atoms with Gasteiger partial charge in [0, 0.05) is 24.2 Å². The van der Waals surface area contributed by atoms with E-state index >= 15 is 0 Å². The maximum absolute atomic E-state index is 4.40. The zero-order valence-electron chi connectivity index (χ0n) is 11.2. The van der Waals surface area contributed by atoms with Crippen molar-refractivity contribution in [3.05, 3.63) is 24.0 Å². The second-order valence-corrected chi connectivity index (χ2v) is 5.80. The lowest BCUT2D eigenvalue weighted by atomic mass is 10.2. The van der Waals surface area contributed by atoms with Gasteiger partial charge in [-0.25, -0.2) is 0 Å². The summed E-state index contributed by atoms with van der Waals surface area (Å²) in [7, 11) is 0. The van der Waals surface area contributed by atoms with Crippen molar-refractivity contribution in [3.63, 3.8) is 0 Å². The minimum Gasteiger partial charge on any atom is -0.385 e. The predicted molar refractivity (Wildman–Crippen MR) is 78.6 cm³/mol. The first kappa shape index (κ1) is 14.4. The molecule has 0 aliphatic heterocycles. The summed E-state index contributed by atoms with van der Waals surface area (Å²) >= 11 is 1.98. The summed E-state index contributed by atoms with van der Waals surface area (Å²) < 4.78 is 0. The first-order valence-corrected chi connectivity index (χ1v) is 7.64. The fourth-order valence-corrected chi connectivity index (χ4v) is 2.58. The summed E-state index contributed by atoms with van der Waals surface area (Å²) in [6, 6.07) is 4.20. The van der Waals surface area contributed by atoms with Crippen molar-refractivity contribution in [2.45, 2.75) is 39.4 Å². The summed E-state index contributed by atoms with van der Waals surface area (Å²) in [5.41, 5.74) is 2.38. The molecule has 2 nitrogen and oxygen atoms in total. The zero-order chi connectivity index (χ0) is 12.5. The number of thioether (sulfide) groups is 1. The Kier molecular flexibility index (Phi) is 7.10. The number of hydrogen-bond donors (Lipinski definition) is 1. The molecule has 0 radical (unpaired) electrons. The van der Waals surface area contributed by atoms with Crippen molar-refractivity contribution in [2.24, 2.45) is 5.92 Å². The molecule has 0 saturated heterocycles. The van der Waals surface area contributed by atoms with E-state index in [4.69, 9.17) is 0 Å². The van der Waals surface area contributed by atoms with Crippen LogP contribution in [0.2, 0.25) is 0 Å². The van der Waals surface area contributed by atoms with Crippen molar-refractivity contribution in [3.8, 4) is 0 Å². The lowest BCUT2D eigenvalue weighted by Gasteiger charge is -2.07. The lowest BCUT2D eigenvalue weighted by molar-refractivity contribution is 0.632. The summed E-state index contributed by atoms with van der Waals surface area (Å²) in [6.07, 6.45) is 4.34. The maximum atomic E-state index is 4.40. The third-order valence-corrected chi connectivity index (χ3v) is 3.51. The van der Waals surface area contributed by atoms with E-state index in [0.29, 0.717) is 0 Å². The molecule has 0 aromatic carbocycles. The maximum Gasteiger partial charge on any atom is 0.0523 e. The molecule has 3 heteroatoms. The number of pyridine rings is 1. The quantitative estimate of drug-likeness (QED) is 0.702. The van der Waals surface area contributed by atoms with Gasteiger partial charge in [-0.05, 0) is 36.6 Å². The van der Waals surface area contributed by atoms with Crippen LogP contribution in [0.5, 0.6) is 0 Å². The molecule has 1 aromatic rings. The molecular formula is C14H24N2S. The fourth-order valence-electron chi connectivity index (χ4n) is 1.43. The Bertz CT molecular complexity index is 313. The average molecular weight is 252 g/mol. The van der Waals surface area contributed by atoms with Gasteiger partial charge in [-0.15, -0.1) is 0 Å². The molecule has 0 fully saturated rings. The second kappa shape index (κ2) is 8.40. The average Bonchev–Trinajstić information content (AvgIpc) is 2.32. The van der Waals surface area contributed by atoms with Crippen LogP contribution in [0.4, 0.5) is 5.69 Å². The van der Waals surface area contributed by atoms with Crippen LogP contribution in [-0.4, -0.2) is 17.3 Å². The van der Waals surface area contributed by atoms with E-state index in [2.05, 4.69) is 37.1 Å². The van der Waals surface area contributed by atoms with Crippen LogP contribution in [-0.2, 0) is 5.75 Å². The third kappa shape index (κ3) is 6.57. The molecule has 1 heterocycles. The largest absolute Gasteiger partial charge is 0.385 e. The molecule has 0 bridgehead atoms. The normalized spacial score (nSPS) is 10.8. The van der Waals surface area contributed by atoms with Crippen LogP contribution < -0.4 is 5.32 Å². The smallest absolute Gasteiger partial charge is 0.0523 e. The van der Waals surface area contributed by atoms with Gasteiger partial charge < -0.3 is 5.32 Å². The van der Waals surface area contributed by atoms with E-state index in [-0.39, 0.29) is 0 Å². The molecule has 0 saturated carbocycles. The first-order chi connectivity index (χ1) is 8.22. The van der Waals surface area contributed by atoms with E-state index in [1.165, 1.54) is 23.6 Å². The molecule has 17 heavy (non-hydrogen) atoms. The predicted octanol–water partition coefficient (Wildman–Crippen LogP) is 4.18. The number of aromatic nitrogens is 1. The fraction of sp³-hybridized carbons (Fsp3) is 0.643. The summed E-state index contributed by atoms with van der Waals surface area (Å²) in [4.78, 5) is 4.40. The van der Waals surface area contributed by atoms with E-state index in [1.807, 2.05) is 24.0 Å². The molecule has 0 aliphatic carbocycles. The number of rotatable bonds is 8. The number of nitrogens with one attached hydrogen (secondary N) is 1. The van der Waals surface area contributed by atoms with Gasteiger partial charge in [0.2, 0.25) is 0 Å². The minimum atomic E-state index is 0.799. The number of anilines is 1. The van der Waals surface area contributed by atoms with Crippen LogP contribution >= 0.6 is 11.8 Å². The standard InChI is InChI=1S/C14H24N2S/c1-4-7-15-13-5-8-16-14(10-13)11-17-9-6-12(2)3/h5,8,10,12H,4,6-7,9,11H2,1-3H3,(H,15,16). The number of nitrogens with zero attached hydrogens (tertiary/aromatic N) is 1. The van der Waals surface area contributed by atoms with Gasteiger partial charge >= 0.3 is 0 Å². The molecule has 0 unspecified atom stereocenters. The Morgan fingerprint density at radius 3 is 2.94 bits per heavy atom. The highest BCUT2D eigenvalue weighted by atomic mass is 32.2. The Morgan fingerprint density at radius 1 is 1.41 bits per heavy atom. The van der Waals surface area contributed by atoms with Gasteiger partial charge in [0.1, 0.15) is 0 Å². The highest BCUT2D eigenvalue weighted by molar-refractivity contribution is 7.98. The minimum absolute atomic E-state index is 0.799. The van der Waals surface area contributed by atoms with Crippen LogP contribution in [0.1, 0.15) is 39.3 Å². The molecule has 1 N–H and O–H groups in total. The van der Waals surface area contributed by atoms with E-state index in [9.17, 15) is 0 Å². The molecule has 0 spiro atoms. The van der Waals surface area contributed by atoms with Gasteiger partial charge in [-0.2, -0.15) is 11.8 Å². The Balaban J connectivity index is 2.32. The Hall–Kier alpha value is -0.700. The van der Waals surface area contributed by atoms with E-state index < -0.39 is 0 Å². The van der Waals surface area contributed by atoms with E-state index in [1.54, 1.807) is 0 Å². The molecule has 96 valence electrons. The highest BCUT2D eigenvalue weighted by Gasteiger charge is 1.99. The molecule has 0 aliphatic rings. The van der Waals surface area contributed by atoms with Crippen LogP contribution in [0.25, 0.3) is 0 Å². The summed E-state index contributed by atoms with van der Waals surface area (Å²) in [5.74, 6) is 3.05. The van der Waals surface area contributed by atoms with Crippen molar-refractivity contribution in [1.82, 2.24) is 4.98 Å².